The van der Waals surface area contributed by atoms with Crippen molar-refractivity contribution in [1.82, 2.24) is 15.5 Å². The summed E-state index contributed by atoms with van der Waals surface area (Å²) in [7, 11) is 1.64. The number of hydrogen-bond acceptors (Lipinski definition) is 3. The van der Waals surface area contributed by atoms with Gasteiger partial charge in [0.05, 0.1) is 0 Å². The first-order chi connectivity index (χ1) is 7.58. The highest BCUT2D eigenvalue weighted by molar-refractivity contribution is 5.76. The largest absolute Gasteiger partial charge is 0.365 e. The Morgan fingerprint density at radius 2 is 2.25 bits per heavy atom. The van der Waals surface area contributed by atoms with Gasteiger partial charge in [-0.25, -0.2) is 0 Å². The first-order valence-electron chi connectivity index (χ1n) is 5.59. The summed E-state index contributed by atoms with van der Waals surface area (Å²) in [4.78, 5) is 11.2. The van der Waals surface area contributed by atoms with Gasteiger partial charge in [0, 0.05) is 30.8 Å². The smallest absolute Gasteiger partial charge is 0.221 e. The highest BCUT2D eigenvalue weighted by Crippen LogP contribution is 2.16. The van der Waals surface area contributed by atoms with Gasteiger partial charge >= 0.3 is 0 Å². The van der Waals surface area contributed by atoms with Crippen LogP contribution in [0.15, 0.2) is 0 Å². The zero-order valence-electron chi connectivity index (χ0n) is 10.3. The predicted molar refractivity (Wildman–Crippen MR) is 64.5 cm³/mol. The van der Waals surface area contributed by atoms with E-state index in [4.69, 9.17) is 0 Å². The van der Waals surface area contributed by atoms with E-state index in [1.807, 2.05) is 13.8 Å². The topological polar surface area (TPSA) is 69.8 Å². The minimum atomic E-state index is 0.0314. The molecule has 1 heterocycles. The minimum absolute atomic E-state index is 0.0314. The Labute approximate surface area is 96.0 Å². The van der Waals surface area contributed by atoms with Gasteiger partial charge in [0.1, 0.15) is 0 Å². The van der Waals surface area contributed by atoms with E-state index in [-0.39, 0.29) is 11.9 Å². The van der Waals surface area contributed by atoms with Crippen molar-refractivity contribution in [3.05, 3.63) is 11.3 Å². The second kappa shape index (κ2) is 5.53. The summed E-state index contributed by atoms with van der Waals surface area (Å²) in [5, 5.41) is 13.0. The Balaban J connectivity index is 2.59. The maximum atomic E-state index is 11.2. The molecule has 1 amide bonds. The van der Waals surface area contributed by atoms with Crippen LogP contribution in [-0.2, 0) is 11.2 Å². The highest BCUT2D eigenvalue weighted by Gasteiger charge is 2.12. The van der Waals surface area contributed by atoms with Crippen LogP contribution >= 0.6 is 0 Å². The first-order valence-corrected chi connectivity index (χ1v) is 5.59. The molecule has 0 aliphatic rings. The third-order valence-corrected chi connectivity index (χ3v) is 2.62. The monoisotopic (exact) mass is 224 g/mol. The molecular weight excluding hydrogens is 204 g/mol. The van der Waals surface area contributed by atoms with E-state index < -0.39 is 0 Å². The lowest BCUT2D eigenvalue weighted by Crippen LogP contribution is -2.27. The minimum Gasteiger partial charge on any atom is -0.365 e. The molecule has 0 spiro atoms. The van der Waals surface area contributed by atoms with E-state index in [2.05, 4.69) is 27.8 Å². The Hall–Kier alpha value is -1.52. The van der Waals surface area contributed by atoms with E-state index in [0.717, 1.165) is 23.5 Å². The van der Waals surface area contributed by atoms with Gasteiger partial charge in [0.15, 0.2) is 5.82 Å². The Morgan fingerprint density at radius 3 is 2.75 bits per heavy atom. The van der Waals surface area contributed by atoms with Gasteiger partial charge in [-0.3, -0.25) is 9.89 Å². The number of nitrogens with one attached hydrogen (secondary N) is 3. The van der Waals surface area contributed by atoms with Crippen LogP contribution in [0.4, 0.5) is 5.82 Å². The van der Waals surface area contributed by atoms with Gasteiger partial charge in [-0.1, -0.05) is 6.92 Å². The molecule has 1 aromatic rings. The molecule has 0 fully saturated rings. The lowest BCUT2D eigenvalue weighted by molar-refractivity contribution is -0.120. The van der Waals surface area contributed by atoms with E-state index in [9.17, 15) is 4.79 Å². The average molecular weight is 224 g/mol. The third-order valence-electron chi connectivity index (χ3n) is 2.62. The molecule has 0 saturated heterocycles. The van der Waals surface area contributed by atoms with Crippen LogP contribution in [0.3, 0.4) is 0 Å². The predicted octanol–water partition coefficient (Wildman–Crippen LogP) is 1.22. The van der Waals surface area contributed by atoms with Gasteiger partial charge in [0.25, 0.3) is 0 Å². The van der Waals surface area contributed by atoms with Gasteiger partial charge in [-0.2, -0.15) is 5.10 Å². The van der Waals surface area contributed by atoms with Gasteiger partial charge in [0.2, 0.25) is 5.91 Å². The van der Waals surface area contributed by atoms with E-state index in [1.165, 1.54) is 0 Å². The number of aromatic nitrogens is 2. The van der Waals surface area contributed by atoms with Crippen molar-refractivity contribution < 1.29 is 4.79 Å². The molecule has 5 heteroatoms. The SMILES string of the molecule is CCc1[nH]nc(NC(C)CC(=O)NC)c1C. The molecule has 0 bridgehead atoms. The van der Waals surface area contributed by atoms with Crippen molar-refractivity contribution in [3.63, 3.8) is 0 Å². The van der Waals surface area contributed by atoms with Crippen molar-refractivity contribution >= 4 is 11.7 Å². The summed E-state index contributed by atoms with van der Waals surface area (Å²) in [6, 6.07) is 0.0756. The summed E-state index contributed by atoms with van der Waals surface area (Å²) in [5.74, 6) is 0.872. The number of H-pyrrole nitrogens is 1. The van der Waals surface area contributed by atoms with E-state index in [1.54, 1.807) is 7.05 Å². The second-order valence-corrected chi connectivity index (χ2v) is 3.95. The van der Waals surface area contributed by atoms with Gasteiger partial charge < -0.3 is 10.6 Å². The van der Waals surface area contributed by atoms with Crippen molar-refractivity contribution in [1.29, 1.82) is 0 Å². The lowest BCUT2D eigenvalue weighted by Gasteiger charge is -2.12. The van der Waals surface area contributed by atoms with Crippen LogP contribution in [0, 0.1) is 6.92 Å². The molecule has 0 aliphatic carbocycles. The zero-order valence-corrected chi connectivity index (χ0v) is 10.3. The van der Waals surface area contributed by atoms with Gasteiger partial charge in [-0.15, -0.1) is 0 Å². The molecule has 0 radical (unpaired) electrons. The standard InChI is InChI=1S/C11H20N4O/c1-5-9-8(3)11(15-14-9)13-7(2)6-10(16)12-4/h7H,5-6H2,1-4H3,(H,12,16)(H2,13,14,15). The Morgan fingerprint density at radius 1 is 1.56 bits per heavy atom. The number of carbonyl (C=O) groups excluding carboxylic acids is 1. The number of amides is 1. The molecule has 16 heavy (non-hydrogen) atoms. The summed E-state index contributed by atoms with van der Waals surface area (Å²) < 4.78 is 0. The fraction of sp³-hybridized carbons (Fsp3) is 0.636. The van der Waals surface area contributed by atoms with Crippen LogP contribution in [0.1, 0.15) is 31.5 Å². The van der Waals surface area contributed by atoms with Crippen LogP contribution in [0.5, 0.6) is 0 Å². The molecule has 1 atom stereocenters. The molecule has 1 aromatic heterocycles. The van der Waals surface area contributed by atoms with Crippen LogP contribution in [0.25, 0.3) is 0 Å². The Kier molecular flexibility index (Phi) is 4.34. The summed E-state index contributed by atoms with van der Waals surface area (Å²) in [5.41, 5.74) is 2.26. The molecule has 90 valence electrons. The fourth-order valence-electron chi connectivity index (χ4n) is 1.58. The number of carbonyl (C=O) groups is 1. The molecule has 0 aromatic carbocycles. The van der Waals surface area contributed by atoms with Crippen molar-refractivity contribution in [2.45, 2.75) is 39.7 Å². The number of hydrogen-bond donors (Lipinski definition) is 3. The average Bonchev–Trinajstić information content (AvgIpc) is 2.59. The number of rotatable bonds is 5. The third kappa shape index (κ3) is 2.98. The lowest BCUT2D eigenvalue weighted by atomic mass is 10.2. The molecule has 3 N–H and O–H groups in total. The molecular formula is C11H20N4O. The number of anilines is 1. The van der Waals surface area contributed by atoms with Crippen LogP contribution in [-0.4, -0.2) is 29.2 Å². The fourth-order valence-corrected chi connectivity index (χ4v) is 1.58. The maximum absolute atomic E-state index is 11.2. The zero-order chi connectivity index (χ0) is 12.1. The van der Waals surface area contributed by atoms with Crippen LogP contribution in [0.2, 0.25) is 0 Å². The second-order valence-electron chi connectivity index (χ2n) is 3.95. The molecule has 5 nitrogen and oxygen atoms in total. The highest BCUT2D eigenvalue weighted by atomic mass is 16.1. The molecule has 0 aliphatic heterocycles. The van der Waals surface area contributed by atoms with Crippen molar-refractivity contribution in [3.8, 4) is 0 Å². The molecule has 0 saturated carbocycles. The Bertz CT molecular complexity index is 359. The summed E-state index contributed by atoms with van der Waals surface area (Å²) >= 11 is 0. The summed E-state index contributed by atoms with van der Waals surface area (Å²) in [6.07, 6.45) is 1.38. The van der Waals surface area contributed by atoms with Crippen molar-refractivity contribution in [2.24, 2.45) is 0 Å². The normalized spacial score (nSPS) is 12.2. The molecule has 1 unspecified atom stereocenters. The number of aromatic amines is 1. The van der Waals surface area contributed by atoms with Gasteiger partial charge in [-0.05, 0) is 20.3 Å². The number of nitrogens with zero attached hydrogens (tertiary/aromatic N) is 1. The molecule has 1 rings (SSSR count). The summed E-state index contributed by atoms with van der Waals surface area (Å²) in [6.45, 7) is 6.07. The van der Waals surface area contributed by atoms with Crippen molar-refractivity contribution in [2.75, 3.05) is 12.4 Å². The van der Waals surface area contributed by atoms with E-state index >= 15 is 0 Å². The van der Waals surface area contributed by atoms with Crippen LogP contribution < -0.4 is 10.6 Å². The maximum Gasteiger partial charge on any atom is 0.221 e. The first kappa shape index (κ1) is 12.5. The van der Waals surface area contributed by atoms with E-state index in [0.29, 0.717) is 6.42 Å². The quantitative estimate of drug-likeness (QED) is 0.704. The number of aryl methyl sites for hydroxylation is 1.